The number of hydrogen-bond donors (Lipinski definition) is 2. The molecular weight excluding hydrogens is 348 g/mol. The van der Waals surface area contributed by atoms with Crippen molar-refractivity contribution in [1.82, 2.24) is 4.98 Å². The van der Waals surface area contributed by atoms with Gasteiger partial charge in [0.2, 0.25) is 5.91 Å². The highest BCUT2D eigenvalue weighted by atomic mass is 16.2. The number of carbonyl (C=O) groups is 1. The van der Waals surface area contributed by atoms with Crippen LogP contribution in [0.2, 0.25) is 0 Å². The number of anilines is 3. The number of benzene rings is 2. The second-order valence-electron chi connectivity index (χ2n) is 7.92. The van der Waals surface area contributed by atoms with Gasteiger partial charge in [0.1, 0.15) is 6.17 Å². The van der Waals surface area contributed by atoms with Crippen LogP contribution in [0.1, 0.15) is 36.7 Å². The fraction of sp³-hybridized carbons (Fsp3) is 0.217. The molecule has 0 aliphatic carbocycles. The Labute approximate surface area is 164 Å². The molecule has 2 aliphatic rings. The summed E-state index contributed by atoms with van der Waals surface area (Å²) in [5.41, 5.74) is 5.81. The second kappa shape index (κ2) is 6.09. The second-order valence-corrected chi connectivity index (χ2v) is 7.92. The molecule has 5 nitrogen and oxygen atoms in total. The van der Waals surface area contributed by atoms with E-state index in [2.05, 4.69) is 39.9 Å². The van der Waals surface area contributed by atoms with Gasteiger partial charge in [-0.2, -0.15) is 0 Å². The number of amides is 1. The van der Waals surface area contributed by atoms with Crippen molar-refractivity contribution in [2.75, 3.05) is 15.5 Å². The molecule has 2 N–H and O–H groups in total. The van der Waals surface area contributed by atoms with Crippen LogP contribution in [0.25, 0.3) is 0 Å². The van der Waals surface area contributed by atoms with E-state index in [-0.39, 0.29) is 12.1 Å². The molecule has 28 heavy (non-hydrogen) atoms. The number of fused-ring (bicyclic) bond motifs is 2. The van der Waals surface area contributed by atoms with Crippen molar-refractivity contribution in [1.29, 1.82) is 0 Å². The average molecular weight is 370 g/mol. The van der Waals surface area contributed by atoms with Gasteiger partial charge >= 0.3 is 0 Å². The van der Waals surface area contributed by atoms with Gasteiger partial charge in [-0.05, 0) is 54.8 Å². The lowest BCUT2D eigenvalue weighted by Gasteiger charge is -2.20. The maximum absolute atomic E-state index is 13.2. The number of pyridine rings is 1. The van der Waals surface area contributed by atoms with Crippen LogP contribution in [0.15, 0.2) is 67.0 Å². The SMILES string of the molecule is CC1(C)C(=O)N(Cc2ccccc2)c2cc3c(cc21)NC(c1ccncc1)N3. The zero-order valence-corrected chi connectivity index (χ0v) is 15.9. The van der Waals surface area contributed by atoms with Gasteiger partial charge in [-0.15, -0.1) is 0 Å². The Bertz CT molecular complexity index is 1050. The summed E-state index contributed by atoms with van der Waals surface area (Å²) < 4.78 is 0. The quantitative estimate of drug-likeness (QED) is 0.716. The molecule has 2 aromatic carbocycles. The molecule has 0 fully saturated rings. The number of aromatic nitrogens is 1. The Balaban J connectivity index is 1.52. The van der Waals surface area contributed by atoms with Crippen molar-refractivity contribution >= 4 is 23.0 Å². The first kappa shape index (κ1) is 16.8. The number of hydrogen-bond acceptors (Lipinski definition) is 4. The van der Waals surface area contributed by atoms with E-state index < -0.39 is 5.41 Å². The molecule has 5 heteroatoms. The summed E-state index contributed by atoms with van der Waals surface area (Å²) in [5.74, 6) is 0.140. The lowest BCUT2D eigenvalue weighted by atomic mass is 9.86. The van der Waals surface area contributed by atoms with Crippen molar-refractivity contribution < 1.29 is 4.79 Å². The number of nitrogens with one attached hydrogen (secondary N) is 2. The van der Waals surface area contributed by atoms with E-state index >= 15 is 0 Å². The third kappa shape index (κ3) is 2.54. The standard InChI is InChI=1S/C23H22N4O/c1-23(2)17-12-18-19(26-21(25-18)16-8-10-24-11-9-16)13-20(17)27(22(23)28)14-15-6-4-3-5-7-15/h3-13,21,25-26H,14H2,1-2H3. The molecule has 0 saturated heterocycles. The summed E-state index contributed by atoms with van der Waals surface area (Å²) in [6, 6.07) is 18.4. The van der Waals surface area contributed by atoms with E-state index in [1.165, 1.54) is 0 Å². The predicted molar refractivity (Wildman–Crippen MR) is 111 cm³/mol. The Kier molecular flexibility index (Phi) is 3.66. The minimum Gasteiger partial charge on any atom is -0.360 e. The molecular formula is C23H22N4O. The van der Waals surface area contributed by atoms with E-state index in [0.29, 0.717) is 6.54 Å². The Morgan fingerprint density at radius 2 is 1.68 bits per heavy atom. The van der Waals surface area contributed by atoms with Gasteiger partial charge < -0.3 is 15.5 Å². The van der Waals surface area contributed by atoms with Crippen molar-refractivity contribution in [3.05, 3.63) is 83.7 Å². The monoisotopic (exact) mass is 370 g/mol. The van der Waals surface area contributed by atoms with Gasteiger partial charge in [0.25, 0.3) is 0 Å². The molecule has 2 aliphatic heterocycles. The van der Waals surface area contributed by atoms with Crippen LogP contribution in [-0.4, -0.2) is 10.9 Å². The highest BCUT2D eigenvalue weighted by Gasteiger charge is 2.45. The van der Waals surface area contributed by atoms with Crippen LogP contribution in [0.3, 0.4) is 0 Å². The van der Waals surface area contributed by atoms with Crippen LogP contribution in [-0.2, 0) is 16.8 Å². The van der Waals surface area contributed by atoms with Crippen LogP contribution >= 0.6 is 0 Å². The number of nitrogens with zero attached hydrogens (tertiary/aromatic N) is 2. The summed E-state index contributed by atoms with van der Waals surface area (Å²) in [6.45, 7) is 4.60. The predicted octanol–water partition coefficient (Wildman–Crippen LogP) is 4.44. The topological polar surface area (TPSA) is 57.3 Å². The first-order chi connectivity index (χ1) is 13.5. The smallest absolute Gasteiger partial charge is 0.237 e. The molecule has 0 saturated carbocycles. The van der Waals surface area contributed by atoms with Crippen LogP contribution in [0.5, 0.6) is 0 Å². The molecule has 0 radical (unpaired) electrons. The molecule has 1 amide bonds. The zero-order chi connectivity index (χ0) is 19.3. The van der Waals surface area contributed by atoms with Crippen molar-refractivity contribution in [2.45, 2.75) is 32.0 Å². The van der Waals surface area contributed by atoms with Crippen molar-refractivity contribution in [3.63, 3.8) is 0 Å². The average Bonchev–Trinajstić information content (AvgIpc) is 3.21. The third-order valence-electron chi connectivity index (χ3n) is 5.70. The third-order valence-corrected chi connectivity index (χ3v) is 5.70. The summed E-state index contributed by atoms with van der Waals surface area (Å²) in [7, 11) is 0. The van der Waals surface area contributed by atoms with Crippen molar-refractivity contribution in [2.24, 2.45) is 0 Å². The maximum atomic E-state index is 13.2. The Morgan fingerprint density at radius 3 is 2.39 bits per heavy atom. The van der Waals surface area contributed by atoms with Crippen LogP contribution in [0.4, 0.5) is 17.1 Å². The van der Waals surface area contributed by atoms with E-state index in [0.717, 1.165) is 33.8 Å². The largest absolute Gasteiger partial charge is 0.360 e. The number of rotatable bonds is 3. The summed E-state index contributed by atoms with van der Waals surface area (Å²) in [4.78, 5) is 19.2. The molecule has 5 rings (SSSR count). The molecule has 0 spiro atoms. The first-order valence-corrected chi connectivity index (χ1v) is 9.51. The fourth-order valence-electron chi connectivity index (χ4n) is 4.11. The molecule has 1 atom stereocenters. The van der Waals surface area contributed by atoms with Gasteiger partial charge in [0.05, 0.1) is 29.0 Å². The van der Waals surface area contributed by atoms with Crippen LogP contribution in [0, 0.1) is 0 Å². The Morgan fingerprint density at radius 1 is 1.00 bits per heavy atom. The lowest BCUT2D eigenvalue weighted by Crippen LogP contribution is -2.35. The van der Waals surface area contributed by atoms with E-state index in [9.17, 15) is 4.79 Å². The highest BCUT2D eigenvalue weighted by Crippen LogP contribution is 2.48. The lowest BCUT2D eigenvalue weighted by molar-refractivity contribution is -0.122. The molecule has 1 aromatic heterocycles. The van der Waals surface area contributed by atoms with E-state index in [1.807, 2.05) is 49.1 Å². The molecule has 3 aromatic rings. The maximum Gasteiger partial charge on any atom is 0.237 e. The van der Waals surface area contributed by atoms with Gasteiger partial charge in [-0.25, -0.2) is 0 Å². The summed E-state index contributed by atoms with van der Waals surface area (Å²) >= 11 is 0. The van der Waals surface area contributed by atoms with Gasteiger partial charge in [0, 0.05) is 12.4 Å². The van der Waals surface area contributed by atoms with E-state index in [1.54, 1.807) is 12.4 Å². The number of carbonyl (C=O) groups excluding carboxylic acids is 1. The molecule has 0 bridgehead atoms. The molecule has 140 valence electrons. The molecule has 1 unspecified atom stereocenters. The zero-order valence-electron chi connectivity index (χ0n) is 15.9. The normalized spacial score (nSPS) is 19.0. The first-order valence-electron chi connectivity index (χ1n) is 9.51. The summed E-state index contributed by atoms with van der Waals surface area (Å²) in [5, 5.41) is 7.06. The minimum absolute atomic E-state index is 0.00177. The Hall–Kier alpha value is -3.34. The van der Waals surface area contributed by atoms with Crippen molar-refractivity contribution in [3.8, 4) is 0 Å². The van der Waals surface area contributed by atoms with Gasteiger partial charge in [0.15, 0.2) is 0 Å². The summed E-state index contributed by atoms with van der Waals surface area (Å²) in [6.07, 6.45) is 3.60. The molecule has 3 heterocycles. The van der Waals surface area contributed by atoms with E-state index in [4.69, 9.17) is 0 Å². The van der Waals surface area contributed by atoms with Crippen LogP contribution < -0.4 is 15.5 Å². The van der Waals surface area contributed by atoms with Gasteiger partial charge in [-0.1, -0.05) is 30.3 Å². The highest BCUT2D eigenvalue weighted by molar-refractivity contribution is 6.09. The fourth-order valence-corrected chi connectivity index (χ4v) is 4.11. The minimum atomic E-state index is -0.546. The van der Waals surface area contributed by atoms with Gasteiger partial charge in [-0.3, -0.25) is 9.78 Å².